The van der Waals surface area contributed by atoms with Crippen LogP contribution in [0.15, 0.2) is 61.3 Å². The number of amides is 2. The number of nitrogens with zero attached hydrogens (tertiary/aromatic N) is 6. The highest BCUT2D eigenvalue weighted by atomic mass is 16.6. The third-order valence-electron chi connectivity index (χ3n) is 6.53. The van der Waals surface area contributed by atoms with Gasteiger partial charge in [-0.2, -0.15) is 5.10 Å². The van der Waals surface area contributed by atoms with Crippen LogP contribution < -0.4 is 20.1 Å². The largest absolute Gasteiger partial charge is 0.489 e. The molecule has 3 aromatic heterocycles. The van der Waals surface area contributed by atoms with Gasteiger partial charge in [0.15, 0.2) is 5.65 Å². The van der Waals surface area contributed by atoms with E-state index in [0.717, 1.165) is 11.3 Å². The van der Waals surface area contributed by atoms with Crippen molar-refractivity contribution in [2.75, 3.05) is 30.8 Å². The number of carbonyl (C=O) groups excluding carboxylic acids is 2. The lowest BCUT2D eigenvalue weighted by atomic mass is 10.1. The van der Waals surface area contributed by atoms with Crippen molar-refractivity contribution in [2.24, 2.45) is 0 Å². The van der Waals surface area contributed by atoms with Crippen LogP contribution in [0.4, 0.5) is 22.0 Å². The number of ether oxygens (including phenoxy) is 3. The number of rotatable bonds is 9. The summed E-state index contributed by atoms with van der Waals surface area (Å²) in [4.78, 5) is 39.3. The van der Waals surface area contributed by atoms with Gasteiger partial charge >= 0.3 is 6.09 Å². The van der Waals surface area contributed by atoms with Crippen LogP contribution in [-0.2, 0) is 9.53 Å². The van der Waals surface area contributed by atoms with Gasteiger partial charge in [0.05, 0.1) is 17.7 Å². The predicted molar refractivity (Wildman–Crippen MR) is 173 cm³/mol. The second-order valence-electron chi connectivity index (χ2n) is 11.3. The Balaban J connectivity index is 1.36. The van der Waals surface area contributed by atoms with Gasteiger partial charge in [0.2, 0.25) is 0 Å². The Morgan fingerprint density at radius 3 is 2.61 bits per heavy atom. The quantitative estimate of drug-likeness (QED) is 0.196. The Morgan fingerprint density at radius 2 is 1.85 bits per heavy atom. The first-order valence-corrected chi connectivity index (χ1v) is 14.4. The van der Waals surface area contributed by atoms with Crippen LogP contribution in [0.3, 0.4) is 0 Å². The third-order valence-corrected chi connectivity index (χ3v) is 6.53. The zero-order chi connectivity index (χ0) is 32.8. The number of likely N-dealkylation sites (N-methyl/N-ethyl adjacent to an activating group) is 1. The summed E-state index contributed by atoms with van der Waals surface area (Å²) in [5, 5.41) is 10.9. The van der Waals surface area contributed by atoms with Crippen LogP contribution in [0.5, 0.6) is 17.2 Å². The molecule has 0 spiro atoms. The number of aromatic nitrogens is 5. The summed E-state index contributed by atoms with van der Waals surface area (Å²) >= 11 is 0. The molecule has 0 saturated carbocycles. The second-order valence-corrected chi connectivity index (χ2v) is 11.3. The van der Waals surface area contributed by atoms with Crippen LogP contribution in [0.25, 0.3) is 16.6 Å². The molecular formula is C33H34N8O5. The molecule has 2 amide bonds. The Morgan fingerprint density at radius 1 is 1.02 bits per heavy atom. The van der Waals surface area contributed by atoms with Gasteiger partial charge in [-0.3, -0.25) is 4.79 Å². The van der Waals surface area contributed by atoms with E-state index in [1.54, 1.807) is 57.6 Å². The maximum atomic E-state index is 12.5. The van der Waals surface area contributed by atoms with E-state index >= 15 is 0 Å². The Bertz CT molecular complexity index is 1970. The molecule has 2 aromatic carbocycles. The van der Waals surface area contributed by atoms with E-state index in [1.807, 2.05) is 37.3 Å². The Kier molecular flexibility index (Phi) is 9.18. The van der Waals surface area contributed by atoms with Crippen molar-refractivity contribution in [1.82, 2.24) is 29.5 Å². The number of aryl methyl sites for hydroxylation is 1. The number of benzene rings is 2. The van der Waals surface area contributed by atoms with Crippen molar-refractivity contribution in [3.63, 3.8) is 0 Å². The lowest BCUT2D eigenvalue weighted by Crippen LogP contribution is -2.36. The van der Waals surface area contributed by atoms with Crippen LogP contribution in [0, 0.1) is 18.8 Å². The second kappa shape index (κ2) is 13.4. The summed E-state index contributed by atoms with van der Waals surface area (Å²) in [5.41, 5.74) is 2.68. The molecule has 46 heavy (non-hydrogen) atoms. The molecule has 0 bridgehead atoms. The number of nitrogens with one attached hydrogen (secondary N) is 2. The molecule has 13 nitrogen and oxygen atoms in total. The summed E-state index contributed by atoms with van der Waals surface area (Å²) in [5.74, 6) is 6.78. The van der Waals surface area contributed by atoms with E-state index in [-0.39, 0.29) is 13.2 Å². The van der Waals surface area contributed by atoms with Crippen LogP contribution in [0.1, 0.15) is 33.3 Å². The molecule has 0 unspecified atom stereocenters. The van der Waals surface area contributed by atoms with Crippen molar-refractivity contribution in [3.8, 4) is 29.1 Å². The standard InChI is InChI=1S/C33H34N8O5/c1-7-8-30(42)39-26-17-24-25(18-28(26)44-14-13-40(6)32(43)46-33(3,4)5)34-19-36-31(24)38-22-9-10-27(21(2)15-22)45-23-11-12-41-29(16-23)35-20-37-41/h9-12,15-20H,13-14H2,1-6H3,(H,39,42)(H,34,36,38). The molecule has 5 rings (SSSR count). The van der Waals surface area contributed by atoms with Gasteiger partial charge in [-0.25, -0.2) is 24.3 Å². The zero-order valence-corrected chi connectivity index (χ0v) is 26.4. The van der Waals surface area contributed by atoms with E-state index < -0.39 is 17.6 Å². The molecule has 0 radical (unpaired) electrons. The van der Waals surface area contributed by atoms with Crippen LogP contribution >= 0.6 is 0 Å². The first kappa shape index (κ1) is 31.5. The highest BCUT2D eigenvalue weighted by Crippen LogP contribution is 2.34. The van der Waals surface area contributed by atoms with E-state index in [2.05, 4.69) is 42.5 Å². The number of hydrogen-bond donors (Lipinski definition) is 2. The van der Waals surface area contributed by atoms with E-state index in [1.165, 1.54) is 17.6 Å². The minimum absolute atomic E-state index is 0.139. The van der Waals surface area contributed by atoms with E-state index in [0.29, 0.717) is 45.3 Å². The molecule has 236 valence electrons. The molecule has 0 aliphatic heterocycles. The van der Waals surface area contributed by atoms with Gasteiger partial charge in [-0.05, 0) is 76.4 Å². The first-order valence-electron chi connectivity index (χ1n) is 14.4. The van der Waals surface area contributed by atoms with E-state index in [4.69, 9.17) is 14.2 Å². The van der Waals surface area contributed by atoms with Gasteiger partial charge in [0, 0.05) is 36.5 Å². The van der Waals surface area contributed by atoms with Gasteiger partial charge in [0.1, 0.15) is 47.9 Å². The molecule has 13 heteroatoms. The highest BCUT2D eigenvalue weighted by Gasteiger charge is 2.20. The molecule has 0 fully saturated rings. The summed E-state index contributed by atoms with van der Waals surface area (Å²) in [7, 11) is 1.63. The molecular weight excluding hydrogens is 588 g/mol. The molecule has 2 N–H and O–H groups in total. The predicted octanol–water partition coefficient (Wildman–Crippen LogP) is 5.72. The van der Waals surface area contributed by atoms with Crippen LogP contribution in [-0.4, -0.2) is 67.3 Å². The normalized spacial score (nSPS) is 11.0. The first-order chi connectivity index (χ1) is 22.0. The molecule has 0 aliphatic carbocycles. The Hall–Kier alpha value is -5.90. The number of pyridine rings is 1. The fraction of sp³-hybridized carbons (Fsp3) is 0.273. The minimum Gasteiger partial charge on any atom is -0.489 e. The molecule has 0 atom stereocenters. The number of carbonyl (C=O) groups is 2. The van der Waals surface area contributed by atoms with E-state index in [9.17, 15) is 9.59 Å². The van der Waals surface area contributed by atoms with Crippen molar-refractivity contribution in [1.29, 1.82) is 0 Å². The average Bonchev–Trinajstić information content (AvgIpc) is 3.46. The maximum absolute atomic E-state index is 12.5. The Labute approximate surface area is 265 Å². The fourth-order valence-electron chi connectivity index (χ4n) is 4.36. The smallest absolute Gasteiger partial charge is 0.410 e. The van der Waals surface area contributed by atoms with Gasteiger partial charge in [0.25, 0.3) is 5.91 Å². The molecule has 5 aromatic rings. The minimum atomic E-state index is -0.614. The number of anilines is 3. The van der Waals surface area contributed by atoms with Crippen molar-refractivity contribution in [3.05, 3.63) is 66.9 Å². The monoisotopic (exact) mass is 622 g/mol. The lowest BCUT2D eigenvalue weighted by Gasteiger charge is -2.24. The lowest BCUT2D eigenvalue weighted by molar-refractivity contribution is -0.111. The summed E-state index contributed by atoms with van der Waals surface area (Å²) in [6.07, 6.45) is 4.25. The third kappa shape index (κ3) is 7.78. The van der Waals surface area contributed by atoms with Gasteiger partial charge in [-0.15, -0.1) is 0 Å². The van der Waals surface area contributed by atoms with Crippen molar-refractivity contribution < 1.29 is 23.8 Å². The average molecular weight is 623 g/mol. The molecule has 0 saturated heterocycles. The topological polar surface area (TPSA) is 145 Å². The van der Waals surface area contributed by atoms with Crippen molar-refractivity contribution in [2.45, 2.75) is 40.2 Å². The summed E-state index contributed by atoms with van der Waals surface area (Å²) < 4.78 is 19.2. The number of fused-ring (bicyclic) bond motifs is 2. The molecule has 3 heterocycles. The summed E-state index contributed by atoms with van der Waals surface area (Å²) in [6.45, 7) is 9.32. The van der Waals surface area contributed by atoms with Crippen molar-refractivity contribution >= 4 is 45.7 Å². The summed E-state index contributed by atoms with van der Waals surface area (Å²) in [6, 6.07) is 12.8. The van der Waals surface area contributed by atoms with Gasteiger partial charge in [-0.1, -0.05) is 5.92 Å². The zero-order valence-electron chi connectivity index (χ0n) is 26.4. The SMILES string of the molecule is CC#CC(=O)Nc1cc2c(Nc3ccc(Oc4ccn5ncnc5c4)c(C)c3)ncnc2cc1OCCN(C)C(=O)OC(C)(C)C. The molecule has 0 aliphatic rings. The highest BCUT2D eigenvalue weighted by molar-refractivity contribution is 6.06. The maximum Gasteiger partial charge on any atom is 0.410 e. The van der Waals surface area contributed by atoms with Crippen LogP contribution in [0.2, 0.25) is 0 Å². The fourth-order valence-corrected chi connectivity index (χ4v) is 4.36. The number of hydrogen-bond acceptors (Lipinski definition) is 10. The van der Waals surface area contributed by atoms with Gasteiger partial charge < -0.3 is 29.7 Å².